The number of aryl methyl sites for hydroxylation is 1. The number of aromatic nitrogens is 1. The smallest absolute Gasteiger partial charge is 0.253 e. The molecule has 7 heteroatoms. The van der Waals surface area contributed by atoms with Gasteiger partial charge in [-0.25, -0.2) is 13.6 Å². The zero-order valence-electron chi connectivity index (χ0n) is 13.1. The summed E-state index contributed by atoms with van der Waals surface area (Å²) in [6, 6.07) is 8.20. The third-order valence-electron chi connectivity index (χ3n) is 3.46. The van der Waals surface area contributed by atoms with E-state index in [1.165, 1.54) is 12.1 Å². The van der Waals surface area contributed by atoms with Gasteiger partial charge in [0.2, 0.25) is 10.0 Å². The van der Waals surface area contributed by atoms with E-state index in [9.17, 15) is 13.2 Å². The highest BCUT2D eigenvalue weighted by Gasteiger charge is 2.16. The summed E-state index contributed by atoms with van der Waals surface area (Å²) in [6.07, 6.45) is 4.10. The quantitative estimate of drug-likeness (QED) is 0.894. The van der Waals surface area contributed by atoms with Crippen LogP contribution in [-0.4, -0.2) is 37.8 Å². The molecule has 2 rings (SSSR count). The van der Waals surface area contributed by atoms with Crippen molar-refractivity contribution >= 4 is 15.9 Å². The number of hydrogen-bond donors (Lipinski definition) is 1. The molecule has 0 saturated carbocycles. The number of carbonyl (C=O) groups excluding carboxylic acids is 1. The van der Waals surface area contributed by atoms with E-state index in [2.05, 4.69) is 4.98 Å². The first-order valence-electron chi connectivity index (χ1n) is 7.06. The van der Waals surface area contributed by atoms with Crippen molar-refractivity contribution < 1.29 is 13.2 Å². The molecule has 0 radical (unpaired) electrons. The number of hydrogen-bond acceptors (Lipinski definition) is 4. The molecule has 0 aliphatic carbocycles. The van der Waals surface area contributed by atoms with Crippen LogP contribution >= 0.6 is 0 Å². The Hall–Kier alpha value is -2.25. The number of nitrogens with zero attached hydrogens (tertiary/aromatic N) is 2. The van der Waals surface area contributed by atoms with Crippen molar-refractivity contribution in [2.24, 2.45) is 5.14 Å². The number of amides is 1. The Morgan fingerprint density at radius 1 is 1.22 bits per heavy atom. The number of pyridine rings is 1. The normalized spacial score (nSPS) is 11.3. The summed E-state index contributed by atoms with van der Waals surface area (Å²) in [6.45, 7) is 2.24. The van der Waals surface area contributed by atoms with Crippen molar-refractivity contribution in [3.8, 4) is 0 Å². The van der Waals surface area contributed by atoms with Gasteiger partial charge in [-0.15, -0.1) is 0 Å². The van der Waals surface area contributed by atoms with Gasteiger partial charge in [-0.2, -0.15) is 0 Å². The fourth-order valence-electron chi connectivity index (χ4n) is 2.20. The second kappa shape index (κ2) is 6.89. The molecule has 0 spiro atoms. The molecular weight excluding hydrogens is 314 g/mol. The zero-order chi connectivity index (χ0) is 17.0. The molecule has 122 valence electrons. The van der Waals surface area contributed by atoms with E-state index in [-0.39, 0.29) is 10.8 Å². The highest BCUT2D eigenvalue weighted by Crippen LogP contribution is 2.15. The summed E-state index contributed by atoms with van der Waals surface area (Å²) < 4.78 is 23.0. The molecular formula is C16H19N3O3S. The van der Waals surface area contributed by atoms with E-state index in [4.69, 9.17) is 5.14 Å². The molecule has 0 saturated heterocycles. The lowest BCUT2D eigenvalue weighted by Gasteiger charge is -2.18. The van der Waals surface area contributed by atoms with Crippen molar-refractivity contribution in [1.82, 2.24) is 9.88 Å². The number of sulfonamides is 1. The highest BCUT2D eigenvalue weighted by atomic mass is 32.2. The van der Waals surface area contributed by atoms with Gasteiger partial charge in [0.15, 0.2) is 0 Å². The molecule has 1 heterocycles. The van der Waals surface area contributed by atoms with Crippen LogP contribution in [0.25, 0.3) is 0 Å². The summed E-state index contributed by atoms with van der Waals surface area (Å²) in [5, 5.41) is 5.15. The Labute approximate surface area is 136 Å². The number of nitrogens with two attached hydrogens (primary N) is 1. The van der Waals surface area contributed by atoms with E-state index in [1.54, 1.807) is 37.3 Å². The Morgan fingerprint density at radius 2 is 1.87 bits per heavy atom. The molecule has 0 unspecified atom stereocenters. The van der Waals surface area contributed by atoms with Crippen LogP contribution in [0.15, 0.2) is 47.6 Å². The summed E-state index contributed by atoms with van der Waals surface area (Å²) in [5.41, 5.74) is 2.06. The Kier molecular flexibility index (Phi) is 5.12. The lowest BCUT2D eigenvalue weighted by Crippen LogP contribution is -2.29. The minimum Gasteiger partial charge on any atom is -0.341 e. The predicted octanol–water partition coefficient (Wildman–Crippen LogP) is 1.35. The molecule has 0 fully saturated rings. The summed E-state index contributed by atoms with van der Waals surface area (Å²) in [7, 11) is -2.16. The highest BCUT2D eigenvalue weighted by molar-refractivity contribution is 7.89. The summed E-state index contributed by atoms with van der Waals surface area (Å²) in [5.74, 6) is -0.243. The Bertz CT molecular complexity index is 805. The maximum atomic E-state index is 12.5. The second-order valence-corrected chi connectivity index (χ2v) is 6.97. The predicted molar refractivity (Wildman–Crippen MR) is 87.5 cm³/mol. The minimum absolute atomic E-state index is 0.0524. The van der Waals surface area contributed by atoms with Crippen molar-refractivity contribution in [2.45, 2.75) is 18.2 Å². The maximum absolute atomic E-state index is 12.5. The first-order chi connectivity index (χ1) is 10.8. The molecule has 23 heavy (non-hydrogen) atoms. The average molecular weight is 333 g/mol. The lowest BCUT2D eigenvalue weighted by atomic mass is 10.1. The first kappa shape index (κ1) is 17.1. The molecule has 1 amide bonds. The molecule has 6 nitrogen and oxygen atoms in total. The van der Waals surface area contributed by atoms with Gasteiger partial charge in [0.1, 0.15) is 0 Å². The van der Waals surface area contributed by atoms with Crippen LogP contribution in [0.4, 0.5) is 0 Å². The zero-order valence-corrected chi connectivity index (χ0v) is 13.9. The summed E-state index contributed by atoms with van der Waals surface area (Å²) >= 11 is 0. The second-order valence-electron chi connectivity index (χ2n) is 5.41. The molecule has 0 aliphatic heterocycles. The monoisotopic (exact) mass is 333 g/mol. The minimum atomic E-state index is -3.84. The van der Waals surface area contributed by atoms with E-state index < -0.39 is 10.0 Å². The fraction of sp³-hybridized carbons (Fsp3) is 0.250. The molecule has 1 aromatic carbocycles. The summed E-state index contributed by atoms with van der Waals surface area (Å²) in [4.78, 5) is 17.9. The largest absolute Gasteiger partial charge is 0.341 e. The van der Waals surface area contributed by atoms with Crippen LogP contribution in [0.5, 0.6) is 0 Å². The van der Waals surface area contributed by atoms with Crippen molar-refractivity contribution in [1.29, 1.82) is 0 Å². The number of rotatable bonds is 5. The van der Waals surface area contributed by atoms with Gasteiger partial charge in [0.25, 0.3) is 5.91 Å². The van der Waals surface area contributed by atoms with Crippen molar-refractivity contribution in [3.63, 3.8) is 0 Å². The third kappa shape index (κ3) is 4.61. The topological polar surface area (TPSA) is 93.4 Å². The Balaban J connectivity index is 2.15. The van der Waals surface area contributed by atoms with Gasteiger partial charge in [-0.1, -0.05) is 0 Å². The van der Waals surface area contributed by atoms with Crippen LogP contribution in [0, 0.1) is 6.92 Å². The molecule has 2 aromatic rings. The fourth-order valence-corrected chi connectivity index (χ4v) is 2.85. The van der Waals surface area contributed by atoms with Gasteiger partial charge in [0.05, 0.1) is 4.90 Å². The van der Waals surface area contributed by atoms with E-state index in [0.717, 1.165) is 5.56 Å². The number of carbonyl (C=O) groups is 1. The Morgan fingerprint density at radius 3 is 2.48 bits per heavy atom. The third-order valence-corrected chi connectivity index (χ3v) is 4.35. The number of primary sulfonamides is 1. The van der Waals surface area contributed by atoms with Crippen LogP contribution < -0.4 is 5.14 Å². The van der Waals surface area contributed by atoms with Gasteiger partial charge in [-0.3, -0.25) is 9.78 Å². The van der Waals surface area contributed by atoms with Crippen LogP contribution in [0.2, 0.25) is 0 Å². The maximum Gasteiger partial charge on any atom is 0.253 e. The first-order valence-corrected chi connectivity index (χ1v) is 8.61. The molecule has 0 bridgehead atoms. The number of benzene rings is 1. The van der Waals surface area contributed by atoms with Gasteiger partial charge in [0, 0.05) is 31.5 Å². The van der Waals surface area contributed by atoms with E-state index >= 15 is 0 Å². The SMILES string of the molecule is Cc1cc(C(=O)N(C)CCc2ccncc2)cc(S(N)(=O)=O)c1. The van der Waals surface area contributed by atoms with Crippen LogP contribution in [0.3, 0.4) is 0 Å². The van der Waals surface area contributed by atoms with Gasteiger partial charge < -0.3 is 4.90 Å². The van der Waals surface area contributed by atoms with E-state index in [0.29, 0.717) is 24.1 Å². The number of likely N-dealkylation sites (N-methyl/N-ethyl adjacent to an activating group) is 1. The van der Waals surface area contributed by atoms with Crippen molar-refractivity contribution in [2.75, 3.05) is 13.6 Å². The standard InChI is InChI=1S/C16H19N3O3S/c1-12-9-14(11-15(10-12)23(17,21)22)16(20)19(2)8-5-13-3-6-18-7-4-13/h3-4,6-7,9-11H,5,8H2,1-2H3,(H2,17,21,22). The average Bonchev–Trinajstić information content (AvgIpc) is 2.51. The molecule has 1 aromatic heterocycles. The molecule has 0 aliphatic rings. The van der Waals surface area contributed by atoms with Crippen LogP contribution in [-0.2, 0) is 16.4 Å². The molecule has 0 atom stereocenters. The van der Waals surface area contributed by atoms with Crippen LogP contribution in [0.1, 0.15) is 21.5 Å². The van der Waals surface area contributed by atoms with Crippen molar-refractivity contribution in [3.05, 3.63) is 59.4 Å². The van der Waals surface area contributed by atoms with Gasteiger partial charge in [-0.05, 0) is 54.8 Å². The van der Waals surface area contributed by atoms with Gasteiger partial charge >= 0.3 is 0 Å². The molecule has 2 N–H and O–H groups in total. The van der Waals surface area contributed by atoms with E-state index in [1.807, 2.05) is 12.1 Å². The lowest BCUT2D eigenvalue weighted by molar-refractivity contribution is 0.0796.